The number of nitrogens with one attached hydrogen (secondary N) is 1. The largest absolute Gasteiger partial charge is 0.476 e. The van der Waals surface area contributed by atoms with Crippen LogP contribution in [0.4, 0.5) is 0 Å². The van der Waals surface area contributed by atoms with Crippen LogP contribution in [-0.4, -0.2) is 27.7 Å². The van der Waals surface area contributed by atoms with E-state index < -0.39 is 5.97 Å². The molecule has 2 heterocycles. The third kappa shape index (κ3) is 1.54. The fraction of sp³-hybridized carbons (Fsp3) is 0.429. The van der Waals surface area contributed by atoms with Crippen molar-refractivity contribution in [2.45, 2.75) is 6.04 Å². The zero-order chi connectivity index (χ0) is 9.26. The predicted molar refractivity (Wildman–Crippen MR) is 46.7 cm³/mol. The number of hydrogen-bond acceptors (Lipinski definition) is 5. The van der Waals surface area contributed by atoms with Crippen LogP contribution in [0.15, 0.2) is 10.8 Å². The lowest BCUT2D eigenvalue weighted by molar-refractivity contribution is 0.0688. The van der Waals surface area contributed by atoms with Crippen molar-refractivity contribution in [3.63, 3.8) is 0 Å². The minimum atomic E-state index is -1.04. The Labute approximate surface area is 78.5 Å². The molecule has 0 spiro atoms. The van der Waals surface area contributed by atoms with Crippen molar-refractivity contribution in [1.82, 2.24) is 10.3 Å². The number of thioether (sulfide) groups is 1. The second-order valence-electron chi connectivity index (χ2n) is 2.64. The molecule has 1 fully saturated rings. The van der Waals surface area contributed by atoms with Crippen LogP contribution in [0.1, 0.15) is 22.3 Å². The summed E-state index contributed by atoms with van der Waals surface area (Å²) in [6.07, 6.45) is 1.17. The van der Waals surface area contributed by atoms with Gasteiger partial charge in [-0.25, -0.2) is 9.78 Å². The Morgan fingerprint density at radius 3 is 3.31 bits per heavy atom. The molecule has 2 N–H and O–H groups in total. The Morgan fingerprint density at radius 1 is 1.85 bits per heavy atom. The number of hydrogen-bond donors (Lipinski definition) is 2. The summed E-state index contributed by atoms with van der Waals surface area (Å²) < 4.78 is 5.04. The van der Waals surface area contributed by atoms with Crippen LogP contribution < -0.4 is 5.32 Å². The summed E-state index contributed by atoms with van der Waals surface area (Å²) in [6.45, 7) is 0. The molecule has 1 aliphatic rings. The summed E-state index contributed by atoms with van der Waals surface area (Å²) in [7, 11) is 0. The average molecular weight is 200 g/mol. The fourth-order valence-electron chi connectivity index (χ4n) is 1.23. The lowest BCUT2D eigenvalue weighted by Gasteiger charge is -2.04. The molecule has 0 amide bonds. The normalized spacial score (nSPS) is 22.0. The van der Waals surface area contributed by atoms with E-state index in [-0.39, 0.29) is 11.7 Å². The van der Waals surface area contributed by atoms with Crippen molar-refractivity contribution in [2.75, 3.05) is 11.6 Å². The van der Waals surface area contributed by atoms with Gasteiger partial charge in [0.25, 0.3) is 0 Å². The third-order valence-corrected chi connectivity index (χ3v) is 2.77. The van der Waals surface area contributed by atoms with Crippen LogP contribution in [0.2, 0.25) is 0 Å². The first kappa shape index (κ1) is 8.58. The monoisotopic (exact) mass is 200 g/mol. The van der Waals surface area contributed by atoms with Crippen LogP contribution in [0.25, 0.3) is 0 Å². The van der Waals surface area contributed by atoms with Gasteiger partial charge in [0, 0.05) is 11.6 Å². The maximum atomic E-state index is 10.7. The SMILES string of the molecule is O=C(O)c1ncoc1[C@@H]1CSCN1. The van der Waals surface area contributed by atoms with E-state index in [1.54, 1.807) is 11.8 Å². The van der Waals surface area contributed by atoms with Gasteiger partial charge in [-0.05, 0) is 0 Å². The van der Waals surface area contributed by atoms with Gasteiger partial charge in [0.15, 0.2) is 17.8 Å². The van der Waals surface area contributed by atoms with Gasteiger partial charge in [0.05, 0.1) is 6.04 Å². The Morgan fingerprint density at radius 2 is 2.69 bits per heavy atom. The van der Waals surface area contributed by atoms with E-state index in [2.05, 4.69) is 10.3 Å². The quantitative estimate of drug-likeness (QED) is 0.732. The third-order valence-electron chi connectivity index (χ3n) is 1.83. The highest BCUT2D eigenvalue weighted by molar-refractivity contribution is 7.99. The molecule has 0 radical (unpaired) electrons. The van der Waals surface area contributed by atoms with Crippen LogP contribution >= 0.6 is 11.8 Å². The molecule has 1 aliphatic heterocycles. The molecule has 0 bridgehead atoms. The summed E-state index contributed by atoms with van der Waals surface area (Å²) in [5.74, 6) is 1.04. The molecule has 1 aromatic rings. The molecular formula is C7H8N2O3S. The highest BCUT2D eigenvalue weighted by Crippen LogP contribution is 2.26. The van der Waals surface area contributed by atoms with Crippen molar-refractivity contribution in [3.05, 3.63) is 17.8 Å². The van der Waals surface area contributed by atoms with E-state index in [4.69, 9.17) is 9.52 Å². The molecule has 1 atom stereocenters. The zero-order valence-electron chi connectivity index (χ0n) is 6.69. The van der Waals surface area contributed by atoms with Gasteiger partial charge in [-0.3, -0.25) is 5.32 Å². The van der Waals surface area contributed by atoms with Gasteiger partial charge in [0.2, 0.25) is 0 Å². The topological polar surface area (TPSA) is 75.4 Å². The first-order chi connectivity index (χ1) is 6.29. The molecule has 0 aliphatic carbocycles. The van der Waals surface area contributed by atoms with Gasteiger partial charge in [0.1, 0.15) is 0 Å². The molecule has 70 valence electrons. The van der Waals surface area contributed by atoms with Gasteiger partial charge >= 0.3 is 5.97 Å². The minimum Gasteiger partial charge on any atom is -0.476 e. The van der Waals surface area contributed by atoms with E-state index >= 15 is 0 Å². The van der Waals surface area contributed by atoms with Crippen molar-refractivity contribution in [2.24, 2.45) is 0 Å². The molecule has 1 saturated heterocycles. The number of oxazole rings is 1. The number of carboxylic acids is 1. The lowest BCUT2D eigenvalue weighted by Crippen LogP contribution is -2.17. The molecular weight excluding hydrogens is 192 g/mol. The average Bonchev–Trinajstić information content (AvgIpc) is 2.74. The smallest absolute Gasteiger partial charge is 0.358 e. The molecule has 2 rings (SSSR count). The highest BCUT2D eigenvalue weighted by Gasteiger charge is 2.26. The van der Waals surface area contributed by atoms with Gasteiger partial charge in [-0.1, -0.05) is 0 Å². The van der Waals surface area contributed by atoms with Crippen molar-refractivity contribution in [3.8, 4) is 0 Å². The number of rotatable bonds is 2. The number of nitrogens with zero attached hydrogens (tertiary/aromatic N) is 1. The molecule has 0 aromatic carbocycles. The van der Waals surface area contributed by atoms with Gasteiger partial charge < -0.3 is 9.52 Å². The van der Waals surface area contributed by atoms with Crippen molar-refractivity contribution in [1.29, 1.82) is 0 Å². The fourth-order valence-corrected chi connectivity index (χ4v) is 2.17. The van der Waals surface area contributed by atoms with Gasteiger partial charge in [-0.15, -0.1) is 11.8 Å². The Hall–Kier alpha value is -1.01. The number of aromatic nitrogens is 1. The van der Waals surface area contributed by atoms with Crippen molar-refractivity contribution < 1.29 is 14.3 Å². The van der Waals surface area contributed by atoms with Crippen LogP contribution in [0.3, 0.4) is 0 Å². The summed E-state index contributed by atoms with van der Waals surface area (Å²) in [6, 6.07) is -0.0152. The van der Waals surface area contributed by atoms with Crippen LogP contribution in [0.5, 0.6) is 0 Å². The second kappa shape index (κ2) is 3.39. The first-order valence-corrected chi connectivity index (χ1v) is 4.92. The molecule has 0 unspecified atom stereocenters. The van der Waals surface area contributed by atoms with Crippen LogP contribution in [-0.2, 0) is 0 Å². The van der Waals surface area contributed by atoms with E-state index in [0.717, 1.165) is 11.6 Å². The number of carboxylic acid groups (broad SMARTS) is 1. The Balaban J connectivity index is 2.28. The van der Waals surface area contributed by atoms with Crippen molar-refractivity contribution >= 4 is 17.7 Å². The predicted octanol–water partition coefficient (Wildman–Crippen LogP) is 0.708. The first-order valence-electron chi connectivity index (χ1n) is 3.77. The molecule has 6 heteroatoms. The molecule has 1 aromatic heterocycles. The standard InChI is InChI=1S/C7H8N2O3S/c10-7(11)5-6(12-2-8-5)4-1-13-3-9-4/h2,4,9H,1,3H2,(H,10,11)/t4-/m0/s1. The van der Waals surface area contributed by atoms with E-state index in [1.807, 2.05) is 0 Å². The number of carbonyl (C=O) groups is 1. The lowest BCUT2D eigenvalue weighted by atomic mass is 10.2. The summed E-state index contributed by atoms with van der Waals surface area (Å²) >= 11 is 1.71. The summed E-state index contributed by atoms with van der Waals surface area (Å²) in [4.78, 5) is 14.3. The maximum Gasteiger partial charge on any atom is 0.358 e. The summed E-state index contributed by atoms with van der Waals surface area (Å²) in [5, 5.41) is 11.9. The van der Waals surface area contributed by atoms with E-state index in [9.17, 15) is 4.79 Å². The Bertz CT molecular complexity index is 319. The number of aromatic carboxylic acids is 1. The van der Waals surface area contributed by atoms with E-state index in [0.29, 0.717) is 5.76 Å². The summed E-state index contributed by atoms with van der Waals surface area (Å²) in [5.41, 5.74) is 0.0139. The second-order valence-corrected chi connectivity index (χ2v) is 3.67. The Kier molecular flexibility index (Phi) is 2.24. The zero-order valence-corrected chi connectivity index (χ0v) is 7.50. The molecule has 5 nitrogen and oxygen atoms in total. The van der Waals surface area contributed by atoms with E-state index in [1.165, 1.54) is 6.39 Å². The molecule has 0 saturated carbocycles. The molecule has 13 heavy (non-hydrogen) atoms. The van der Waals surface area contributed by atoms with Crippen LogP contribution in [0, 0.1) is 0 Å². The minimum absolute atomic E-state index is 0.0139. The maximum absolute atomic E-state index is 10.7. The van der Waals surface area contributed by atoms with Gasteiger partial charge in [-0.2, -0.15) is 0 Å². The highest BCUT2D eigenvalue weighted by atomic mass is 32.2.